The van der Waals surface area contributed by atoms with Gasteiger partial charge in [0.1, 0.15) is 11.8 Å². The Bertz CT molecular complexity index is 1190. The number of amides is 2. The van der Waals surface area contributed by atoms with Gasteiger partial charge in [-0.1, -0.05) is 77.4 Å². The van der Waals surface area contributed by atoms with Crippen molar-refractivity contribution in [1.29, 1.82) is 0 Å². The smallest absolute Gasteiger partial charge is 0.306 e. The molecule has 42 heavy (non-hydrogen) atoms. The van der Waals surface area contributed by atoms with Gasteiger partial charge in [0, 0.05) is 38.9 Å². The van der Waals surface area contributed by atoms with Gasteiger partial charge in [-0.2, -0.15) is 0 Å². The summed E-state index contributed by atoms with van der Waals surface area (Å²) in [6.07, 6.45) is 1.61. The van der Waals surface area contributed by atoms with Crippen molar-refractivity contribution in [2.24, 2.45) is 17.8 Å². The Morgan fingerprint density at radius 2 is 1.64 bits per heavy atom. The number of aliphatic carboxylic acids is 1. The summed E-state index contributed by atoms with van der Waals surface area (Å²) in [5.41, 5.74) is 1.52. The predicted octanol–water partition coefficient (Wildman–Crippen LogP) is 5.45. The summed E-state index contributed by atoms with van der Waals surface area (Å²) in [6, 6.07) is 13.9. The summed E-state index contributed by atoms with van der Waals surface area (Å²) >= 11 is 0. The number of esters is 1. The lowest BCUT2D eigenvalue weighted by molar-refractivity contribution is -0.148. The molecule has 9 nitrogen and oxygen atoms in total. The number of nitrogens with one attached hydrogen (secondary N) is 1. The Kier molecular flexibility index (Phi) is 13.6. The van der Waals surface area contributed by atoms with E-state index in [1.54, 1.807) is 37.1 Å². The molecule has 0 spiro atoms. The molecule has 2 N–H and O–H groups in total. The van der Waals surface area contributed by atoms with Crippen LogP contribution in [0, 0.1) is 17.8 Å². The van der Waals surface area contributed by atoms with Crippen LogP contribution in [-0.4, -0.2) is 57.9 Å². The first-order valence-corrected chi connectivity index (χ1v) is 14.8. The first-order valence-electron chi connectivity index (χ1n) is 14.8. The maximum atomic E-state index is 13.4. The van der Waals surface area contributed by atoms with Crippen LogP contribution in [0.5, 0.6) is 0 Å². The minimum absolute atomic E-state index is 0.0331. The normalized spacial score (nSPS) is 14.8. The topological polar surface area (TPSA) is 126 Å². The molecule has 1 unspecified atom stereocenters. The number of aromatic nitrogens is 1. The molecule has 2 aromatic rings. The highest BCUT2D eigenvalue weighted by Crippen LogP contribution is 2.28. The Morgan fingerprint density at radius 1 is 0.976 bits per heavy atom. The minimum Gasteiger partial charge on any atom is -0.481 e. The number of rotatable bonds is 16. The number of nitrogens with zero attached hydrogens (tertiary/aromatic N) is 2. The molecular formula is C33H47N3O6. The van der Waals surface area contributed by atoms with Crippen LogP contribution in [0.1, 0.15) is 95.1 Å². The zero-order valence-electron chi connectivity index (χ0n) is 26.0. The molecule has 0 aliphatic rings. The van der Waals surface area contributed by atoms with E-state index in [0.29, 0.717) is 25.0 Å². The number of carboxylic acid groups (broad SMARTS) is 1. The summed E-state index contributed by atoms with van der Waals surface area (Å²) in [7, 11) is 1.78. The number of carbonyl (C=O) groups is 4. The van der Waals surface area contributed by atoms with Crippen molar-refractivity contribution in [1.82, 2.24) is 15.2 Å². The molecule has 0 radical (unpaired) electrons. The fraction of sp³-hybridized carbons (Fsp3) is 0.545. The van der Waals surface area contributed by atoms with Gasteiger partial charge in [-0.05, 0) is 42.4 Å². The van der Waals surface area contributed by atoms with Crippen molar-refractivity contribution < 1.29 is 29.0 Å². The van der Waals surface area contributed by atoms with Gasteiger partial charge in [0.05, 0.1) is 11.6 Å². The van der Waals surface area contributed by atoms with E-state index in [-0.39, 0.29) is 35.9 Å². The van der Waals surface area contributed by atoms with Crippen LogP contribution in [-0.2, 0) is 25.5 Å². The molecule has 0 aliphatic heterocycles. The largest absolute Gasteiger partial charge is 0.481 e. The van der Waals surface area contributed by atoms with E-state index in [2.05, 4.69) is 17.2 Å². The van der Waals surface area contributed by atoms with Crippen LogP contribution < -0.4 is 5.32 Å². The van der Waals surface area contributed by atoms with Crippen molar-refractivity contribution >= 4 is 23.8 Å². The maximum Gasteiger partial charge on any atom is 0.306 e. The standard InChI is InChI=1S/C33H47N3O6/c1-8-22(4)17-31(38)36(7)29(21(2)3)20-30(42-24(6)37)27-15-12-16-28(35-27)32(39)34-26(18-23(5)33(40)41)19-25-13-10-9-11-14-25/h9-16,21-23,26,29-30H,8,17-20H2,1-7H3,(H,34,39)(H,40,41)/t22-,23-,26+,29?,30+/m0/s1. The number of hydrogen-bond acceptors (Lipinski definition) is 6. The zero-order chi connectivity index (χ0) is 31.4. The van der Waals surface area contributed by atoms with Gasteiger partial charge in [0.2, 0.25) is 5.91 Å². The van der Waals surface area contributed by atoms with E-state index in [0.717, 1.165) is 12.0 Å². The van der Waals surface area contributed by atoms with Crippen LogP contribution in [0.3, 0.4) is 0 Å². The van der Waals surface area contributed by atoms with Gasteiger partial charge in [-0.15, -0.1) is 0 Å². The monoisotopic (exact) mass is 581 g/mol. The minimum atomic E-state index is -0.932. The summed E-state index contributed by atoms with van der Waals surface area (Å²) < 4.78 is 5.69. The third kappa shape index (κ3) is 10.9. The van der Waals surface area contributed by atoms with Crippen LogP contribution in [0.15, 0.2) is 48.5 Å². The van der Waals surface area contributed by atoms with Crippen molar-refractivity contribution in [3.8, 4) is 0 Å². The molecule has 0 aliphatic carbocycles. The number of hydrogen-bond donors (Lipinski definition) is 2. The Morgan fingerprint density at radius 3 is 2.21 bits per heavy atom. The Balaban J connectivity index is 2.30. The van der Waals surface area contributed by atoms with E-state index in [4.69, 9.17) is 4.74 Å². The van der Waals surface area contributed by atoms with E-state index < -0.39 is 35.9 Å². The fourth-order valence-electron chi connectivity index (χ4n) is 4.93. The summed E-state index contributed by atoms with van der Waals surface area (Å²) in [5, 5.41) is 12.4. The van der Waals surface area contributed by atoms with E-state index in [1.807, 2.05) is 51.1 Å². The van der Waals surface area contributed by atoms with E-state index >= 15 is 0 Å². The van der Waals surface area contributed by atoms with Crippen LogP contribution in [0.4, 0.5) is 0 Å². The SMILES string of the molecule is CC[C@H](C)CC(=O)N(C)C(C[C@@H](OC(C)=O)c1cccc(C(=O)N[C@@H](Cc2ccccc2)C[C@H](C)C(=O)O)n1)C(C)C. The van der Waals surface area contributed by atoms with Crippen LogP contribution in [0.2, 0.25) is 0 Å². The first-order chi connectivity index (χ1) is 19.8. The number of carbonyl (C=O) groups excluding carboxylic acids is 3. The van der Waals surface area contributed by atoms with Gasteiger partial charge < -0.3 is 20.1 Å². The van der Waals surface area contributed by atoms with Crippen molar-refractivity contribution in [2.75, 3.05) is 7.05 Å². The van der Waals surface area contributed by atoms with Gasteiger partial charge >= 0.3 is 11.9 Å². The third-order valence-corrected chi connectivity index (χ3v) is 7.70. The highest BCUT2D eigenvalue weighted by atomic mass is 16.5. The third-order valence-electron chi connectivity index (χ3n) is 7.70. The lowest BCUT2D eigenvalue weighted by atomic mass is 9.93. The molecule has 0 saturated heterocycles. The van der Waals surface area contributed by atoms with Crippen molar-refractivity contribution in [2.45, 2.75) is 91.8 Å². The average molecular weight is 582 g/mol. The van der Waals surface area contributed by atoms with Gasteiger partial charge in [-0.3, -0.25) is 19.2 Å². The lowest BCUT2D eigenvalue weighted by Gasteiger charge is -2.34. The van der Waals surface area contributed by atoms with Crippen molar-refractivity contribution in [3.05, 3.63) is 65.5 Å². The molecule has 2 rings (SSSR count). The fourth-order valence-corrected chi connectivity index (χ4v) is 4.93. The van der Waals surface area contributed by atoms with Crippen LogP contribution >= 0.6 is 0 Å². The Labute approximate surface area is 250 Å². The molecule has 1 aromatic carbocycles. The van der Waals surface area contributed by atoms with E-state index in [9.17, 15) is 24.3 Å². The highest BCUT2D eigenvalue weighted by Gasteiger charge is 2.30. The molecule has 1 aromatic heterocycles. The molecule has 2 amide bonds. The maximum absolute atomic E-state index is 13.4. The predicted molar refractivity (Wildman–Crippen MR) is 162 cm³/mol. The molecule has 1 heterocycles. The molecule has 0 bridgehead atoms. The van der Waals surface area contributed by atoms with Crippen LogP contribution in [0.25, 0.3) is 0 Å². The molecule has 5 atom stereocenters. The average Bonchev–Trinajstić information content (AvgIpc) is 2.94. The Hall–Kier alpha value is -3.75. The molecular weight excluding hydrogens is 534 g/mol. The number of ether oxygens (including phenoxy) is 1. The number of benzene rings is 1. The summed E-state index contributed by atoms with van der Waals surface area (Å²) in [5.74, 6) is -2.14. The summed E-state index contributed by atoms with van der Waals surface area (Å²) in [4.78, 5) is 56.3. The highest BCUT2D eigenvalue weighted by molar-refractivity contribution is 5.92. The molecule has 0 saturated carbocycles. The second-order valence-electron chi connectivity index (χ2n) is 11.7. The van der Waals surface area contributed by atoms with Gasteiger partial charge in [0.15, 0.2) is 0 Å². The van der Waals surface area contributed by atoms with Crippen molar-refractivity contribution in [3.63, 3.8) is 0 Å². The number of pyridine rings is 1. The lowest BCUT2D eigenvalue weighted by Crippen LogP contribution is -2.42. The quantitative estimate of drug-likeness (QED) is 0.253. The van der Waals surface area contributed by atoms with E-state index in [1.165, 1.54) is 6.92 Å². The molecule has 9 heteroatoms. The summed E-state index contributed by atoms with van der Waals surface area (Å²) in [6.45, 7) is 11.1. The van der Waals surface area contributed by atoms with Gasteiger partial charge in [0.25, 0.3) is 5.91 Å². The zero-order valence-corrected chi connectivity index (χ0v) is 26.0. The molecule has 230 valence electrons. The second kappa shape index (κ2) is 16.6. The number of carboxylic acids is 1. The molecule has 0 fully saturated rings. The van der Waals surface area contributed by atoms with Gasteiger partial charge in [-0.25, -0.2) is 4.98 Å². The first kappa shape index (κ1) is 34.5. The second-order valence-corrected chi connectivity index (χ2v) is 11.7.